The number of likely N-dealkylation sites (N-methyl/N-ethyl adjacent to an activating group) is 2. The van der Waals surface area contributed by atoms with Crippen LogP contribution < -0.4 is 4.74 Å². The number of hydrogen-bond donors (Lipinski definition) is 0. The molecule has 2 heterocycles. The predicted molar refractivity (Wildman–Crippen MR) is 162 cm³/mol. The van der Waals surface area contributed by atoms with Gasteiger partial charge in [0.25, 0.3) is 0 Å². The first kappa shape index (κ1) is 32.2. The zero-order chi connectivity index (χ0) is 29.6. The normalized spacial score (nSPS) is 23.3. The van der Waals surface area contributed by atoms with Gasteiger partial charge in [-0.05, 0) is 121 Å². The summed E-state index contributed by atoms with van der Waals surface area (Å²) in [4.78, 5) is 20.4. The van der Waals surface area contributed by atoms with E-state index in [4.69, 9.17) is 9.47 Å². The number of methoxy groups -OCH3 is 1. The lowest BCUT2D eigenvalue weighted by Crippen LogP contribution is -2.48. The fraction of sp³-hybridized carbons (Fsp3) is 0.774. The second-order valence-electron chi connectivity index (χ2n) is 12.4. The number of aryl methyl sites for hydroxylation is 2. The highest BCUT2D eigenvalue weighted by Gasteiger charge is 2.32. The quantitative estimate of drug-likeness (QED) is 0.344. The average Bonchev–Trinajstić information content (AvgIpc) is 3.47. The number of likely N-dealkylation sites (tertiary alicyclic amines) is 2. The van der Waals surface area contributed by atoms with Crippen LogP contribution in [0.3, 0.4) is 0 Å². The average molecular weight is 593 g/mol. The number of ether oxygens (including phenoxy) is 2. The number of sulfonamides is 1. The number of rotatable bonds is 12. The second kappa shape index (κ2) is 14.6. The molecule has 10 heteroatoms. The van der Waals surface area contributed by atoms with Crippen LogP contribution in [0.4, 0.5) is 0 Å². The first-order chi connectivity index (χ1) is 19.6. The fourth-order valence-electron chi connectivity index (χ4n) is 7.01. The number of piperidine rings is 1. The number of benzene rings is 1. The molecule has 232 valence electrons. The Morgan fingerprint density at radius 1 is 0.951 bits per heavy atom. The fourth-order valence-corrected chi connectivity index (χ4v) is 8.57. The number of carbonyl (C=O) groups is 1. The lowest BCUT2D eigenvalue weighted by atomic mass is 9.87. The van der Waals surface area contributed by atoms with Gasteiger partial charge in [-0.15, -0.1) is 0 Å². The van der Waals surface area contributed by atoms with Crippen LogP contribution in [0.5, 0.6) is 5.75 Å². The Labute approximate surface area is 248 Å². The summed E-state index contributed by atoms with van der Waals surface area (Å²) in [6.07, 6.45) is 9.74. The lowest BCUT2D eigenvalue weighted by molar-refractivity contribution is -0.137. The minimum absolute atomic E-state index is 0.0323. The third-order valence-corrected chi connectivity index (χ3v) is 11.8. The maximum atomic E-state index is 13.2. The van der Waals surface area contributed by atoms with E-state index in [1.54, 1.807) is 40.1 Å². The SMILES string of the molecule is COc1cc(C)c(S(=O)(=O)N(C)CCOCC(=O)N(C)C2CCC(N3CCC(CN4CCCC4)CC3)CC2)c(C)c1. The molecule has 0 radical (unpaired) electrons. The smallest absolute Gasteiger partial charge is 0.248 e. The maximum Gasteiger partial charge on any atom is 0.248 e. The largest absolute Gasteiger partial charge is 0.497 e. The van der Waals surface area contributed by atoms with Crippen molar-refractivity contribution in [2.45, 2.75) is 82.2 Å². The monoisotopic (exact) mass is 592 g/mol. The zero-order valence-electron chi connectivity index (χ0n) is 25.9. The third-order valence-electron chi connectivity index (χ3n) is 9.60. The summed E-state index contributed by atoms with van der Waals surface area (Å²) in [6, 6.07) is 4.35. The highest BCUT2D eigenvalue weighted by molar-refractivity contribution is 7.89. The van der Waals surface area contributed by atoms with E-state index in [0.29, 0.717) is 27.8 Å². The van der Waals surface area contributed by atoms with Gasteiger partial charge in [-0.1, -0.05) is 0 Å². The molecular formula is C31H52N4O5S. The topological polar surface area (TPSA) is 82.6 Å². The molecule has 0 unspecified atom stereocenters. The molecule has 3 fully saturated rings. The molecule has 0 bridgehead atoms. The molecule has 0 aromatic heterocycles. The van der Waals surface area contributed by atoms with Gasteiger partial charge < -0.3 is 24.2 Å². The molecule has 1 aromatic rings. The van der Waals surface area contributed by atoms with Gasteiger partial charge in [-0.3, -0.25) is 4.79 Å². The summed E-state index contributed by atoms with van der Waals surface area (Å²) >= 11 is 0. The van der Waals surface area contributed by atoms with Crippen LogP contribution in [-0.4, -0.2) is 119 Å². The molecule has 1 saturated carbocycles. The number of carbonyl (C=O) groups excluding carboxylic acids is 1. The Balaban J connectivity index is 1.14. The van der Waals surface area contributed by atoms with Gasteiger partial charge in [0.2, 0.25) is 15.9 Å². The van der Waals surface area contributed by atoms with E-state index in [1.165, 1.54) is 62.7 Å². The Morgan fingerprint density at radius 2 is 1.56 bits per heavy atom. The summed E-state index contributed by atoms with van der Waals surface area (Å²) in [5.41, 5.74) is 1.28. The van der Waals surface area contributed by atoms with Crippen molar-refractivity contribution in [1.82, 2.24) is 19.0 Å². The predicted octanol–water partition coefficient (Wildman–Crippen LogP) is 3.53. The third kappa shape index (κ3) is 8.22. The molecular weight excluding hydrogens is 540 g/mol. The highest BCUT2D eigenvalue weighted by Crippen LogP contribution is 2.30. The molecule has 0 atom stereocenters. The van der Waals surface area contributed by atoms with Crippen molar-refractivity contribution in [2.75, 3.05) is 73.7 Å². The Hall–Kier alpha value is -1.72. The van der Waals surface area contributed by atoms with E-state index >= 15 is 0 Å². The van der Waals surface area contributed by atoms with Gasteiger partial charge >= 0.3 is 0 Å². The van der Waals surface area contributed by atoms with E-state index in [9.17, 15) is 13.2 Å². The first-order valence-electron chi connectivity index (χ1n) is 15.5. The maximum absolute atomic E-state index is 13.2. The summed E-state index contributed by atoms with van der Waals surface area (Å²) < 4.78 is 38.6. The molecule has 0 spiro atoms. The minimum atomic E-state index is -3.69. The molecule has 3 aliphatic rings. The molecule has 0 N–H and O–H groups in total. The van der Waals surface area contributed by atoms with Crippen LogP contribution in [0.25, 0.3) is 0 Å². The van der Waals surface area contributed by atoms with Crippen LogP contribution in [0.15, 0.2) is 17.0 Å². The van der Waals surface area contributed by atoms with Crippen LogP contribution in [0.1, 0.15) is 62.5 Å². The van der Waals surface area contributed by atoms with Crippen molar-refractivity contribution in [3.05, 3.63) is 23.3 Å². The number of nitrogens with zero attached hydrogens (tertiary/aromatic N) is 4. The van der Waals surface area contributed by atoms with E-state index in [1.807, 2.05) is 11.9 Å². The second-order valence-corrected chi connectivity index (χ2v) is 14.4. The minimum Gasteiger partial charge on any atom is -0.497 e. The Kier molecular flexibility index (Phi) is 11.5. The zero-order valence-corrected chi connectivity index (χ0v) is 26.8. The van der Waals surface area contributed by atoms with Crippen molar-refractivity contribution in [3.63, 3.8) is 0 Å². The summed E-state index contributed by atoms with van der Waals surface area (Å²) in [5, 5.41) is 0. The van der Waals surface area contributed by atoms with E-state index in [0.717, 1.165) is 31.6 Å². The molecule has 1 amide bonds. The molecule has 1 aromatic carbocycles. The highest BCUT2D eigenvalue weighted by atomic mass is 32.2. The number of hydrogen-bond acceptors (Lipinski definition) is 7. The molecule has 9 nitrogen and oxygen atoms in total. The van der Waals surface area contributed by atoms with Crippen LogP contribution in [-0.2, 0) is 19.6 Å². The molecule has 4 rings (SSSR count). The van der Waals surface area contributed by atoms with E-state index < -0.39 is 10.0 Å². The lowest BCUT2D eigenvalue weighted by Gasteiger charge is -2.42. The Bertz CT molecular complexity index is 1080. The van der Waals surface area contributed by atoms with Gasteiger partial charge in [0.1, 0.15) is 12.4 Å². The Morgan fingerprint density at radius 3 is 2.15 bits per heavy atom. The molecule has 41 heavy (non-hydrogen) atoms. The van der Waals surface area contributed by atoms with Crippen LogP contribution >= 0.6 is 0 Å². The first-order valence-corrected chi connectivity index (χ1v) is 17.0. The van der Waals surface area contributed by atoms with Gasteiger partial charge in [-0.25, -0.2) is 8.42 Å². The van der Waals surface area contributed by atoms with Crippen LogP contribution in [0, 0.1) is 19.8 Å². The van der Waals surface area contributed by atoms with Gasteiger partial charge in [0.05, 0.1) is 18.6 Å². The van der Waals surface area contributed by atoms with Gasteiger partial charge in [-0.2, -0.15) is 4.31 Å². The van der Waals surface area contributed by atoms with Crippen molar-refractivity contribution in [2.24, 2.45) is 5.92 Å². The van der Waals surface area contributed by atoms with E-state index in [2.05, 4.69) is 9.80 Å². The molecule has 2 saturated heterocycles. The van der Waals surface area contributed by atoms with Crippen molar-refractivity contribution < 1.29 is 22.7 Å². The molecule has 2 aliphatic heterocycles. The van der Waals surface area contributed by atoms with Crippen molar-refractivity contribution in [3.8, 4) is 5.75 Å². The van der Waals surface area contributed by atoms with Gasteiger partial charge in [0, 0.05) is 39.3 Å². The van der Waals surface area contributed by atoms with Crippen molar-refractivity contribution >= 4 is 15.9 Å². The summed E-state index contributed by atoms with van der Waals surface area (Å²) in [5.74, 6) is 1.46. The molecule has 1 aliphatic carbocycles. The summed E-state index contributed by atoms with van der Waals surface area (Å²) in [7, 11) is 1.31. The van der Waals surface area contributed by atoms with Gasteiger partial charge in [0.15, 0.2) is 0 Å². The van der Waals surface area contributed by atoms with E-state index in [-0.39, 0.29) is 31.7 Å². The number of amides is 1. The standard InChI is InChI=1S/C31H52N4O5S/c1-24-20-29(39-5)21-25(2)31(24)41(37,38)32(3)18-19-40-23-30(36)33(4)27-8-10-28(11-9-27)35-16-12-26(13-17-35)22-34-14-6-7-15-34/h20-21,26-28H,6-19,22-23H2,1-5H3. The summed E-state index contributed by atoms with van der Waals surface area (Å²) in [6.45, 7) is 10.2. The van der Waals surface area contributed by atoms with Crippen LogP contribution in [0.2, 0.25) is 0 Å². The van der Waals surface area contributed by atoms with Crippen molar-refractivity contribution in [1.29, 1.82) is 0 Å².